The van der Waals surface area contributed by atoms with Crippen molar-refractivity contribution in [1.29, 1.82) is 5.26 Å². The van der Waals surface area contributed by atoms with Gasteiger partial charge in [-0.25, -0.2) is 0 Å². The molecule has 0 radical (unpaired) electrons. The fraction of sp³-hybridized carbons (Fsp3) is 0.893. The molecule has 5 aliphatic rings. The number of ether oxygens (including phenoxy) is 2. The minimum absolute atomic E-state index is 0.0375. The molecular formula is C28H44ClN5O4S. The smallest absolute Gasteiger partial charge is 0.227 e. The van der Waals surface area contributed by atoms with Gasteiger partial charge < -0.3 is 25.0 Å². The number of hydrogen-bond acceptors (Lipinski definition) is 8. The maximum absolute atomic E-state index is 13.7. The predicted octanol–water partition coefficient (Wildman–Crippen LogP) is 2.29. The Balaban J connectivity index is 1.17. The summed E-state index contributed by atoms with van der Waals surface area (Å²) in [5.74, 6) is 0.258. The van der Waals surface area contributed by atoms with Gasteiger partial charge in [0.05, 0.1) is 35.5 Å². The first-order valence-electron chi connectivity index (χ1n) is 14.7. The molecule has 12 atom stereocenters. The number of nitrogens with zero attached hydrogens (tertiary/aromatic N) is 2. The number of piperidine rings is 1. The second-order valence-corrected chi connectivity index (χ2v) is 14.1. The minimum atomic E-state index is -0.283. The second-order valence-electron chi connectivity index (χ2n) is 12.2. The van der Waals surface area contributed by atoms with E-state index in [4.69, 9.17) is 21.1 Å². The Morgan fingerprint density at radius 1 is 1.05 bits per heavy atom. The van der Waals surface area contributed by atoms with Gasteiger partial charge >= 0.3 is 0 Å². The monoisotopic (exact) mass is 581 g/mol. The quantitative estimate of drug-likeness (QED) is 0.409. The molecule has 5 fully saturated rings. The van der Waals surface area contributed by atoms with Gasteiger partial charge in [0.2, 0.25) is 11.8 Å². The number of amides is 2. The third-order valence-corrected chi connectivity index (χ3v) is 11.9. The summed E-state index contributed by atoms with van der Waals surface area (Å²) in [6.45, 7) is 4.12. The molecule has 3 saturated heterocycles. The SMILES string of the molecule is COC1CCCC(C(=O)N2CC3NC(NC(=O)C4CNC(C)CC4C4CC(C#N)CCC4OC)SC3C2)C1Cl. The van der Waals surface area contributed by atoms with Gasteiger partial charge in [-0.05, 0) is 63.7 Å². The van der Waals surface area contributed by atoms with E-state index in [1.165, 1.54) is 0 Å². The number of alkyl halides is 1. The standard InChI is InChI=1S/C28H44ClN5O4S/c1-15-9-18(19-10-16(11-30)7-8-22(19)37-2)20(12-31-15)26(35)33-28-32-21-13-34(14-24(21)39-28)27(36)17-5-4-6-23(38-3)25(17)29/h15-25,28,31-32H,4-10,12-14H2,1-3H3,(H,33,35). The van der Waals surface area contributed by atoms with Crippen molar-refractivity contribution in [3.05, 3.63) is 0 Å². The minimum Gasteiger partial charge on any atom is -0.381 e. The Morgan fingerprint density at radius 3 is 2.56 bits per heavy atom. The highest BCUT2D eigenvalue weighted by Gasteiger charge is 2.48. The Hall–Kier alpha value is -1.09. The summed E-state index contributed by atoms with van der Waals surface area (Å²) in [7, 11) is 3.43. The van der Waals surface area contributed by atoms with E-state index in [1.54, 1.807) is 26.0 Å². The molecule has 0 spiro atoms. The molecule has 2 saturated carbocycles. The van der Waals surface area contributed by atoms with E-state index in [1.807, 2.05) is 4.90 Å². The van der Waals surface area contributed by atoms with Crippen LogP contribution in [0.2, 0.25) is 0 Å². The summed E-state index contributed by atoms with van der Waals surface area (Å²) in [4.78, 5) is 28.9. The maximum Gasteiger partial charge on any atom is 0.227 e. The van der Waals surface area contributed by atoms with Crippen molar-refractivity contribution in [2.24, 2.45) is 29.6 Å². The van der Waals surface area contributed by atoms with Crippen LogP contribution >= 0.6 is 23.4 Å². The third-order valence-electron chi connectivity index (χ3n) is 9.93. The first-order valence-corrected chi connectivity index (χ1v) is 16.0. The maximum atomic E-state index is 13.7. The molecule has 218 valence electrons. The van der Waals surface area contributed by atoms with Crippen molar-refractivity contribution < 1.29 is 19.1 Å². The second kappa shape index (κ2) is 12.8. The van der Waals surface area contributed by atoms with E-state index in [0.717, 1.165) is 44.9 Å². The summed E-state index contributed by atoms with van der Waals surface area (Å²) in [5.41, 5.74) is -0.172. The topological polar surface area (TPSA) is 116 Å². The summed E-state index contributed by atoms with van der Waals surface area (Å²) in [6, 6.07) is 2.94. The Bertz CT molecular complexity index is 924. The normalized spacial score (nSPS) is 44.4. The highest BCUT2D eigenvalue weighted by Crippen LogP contribution is 2.42. The zero-order chi connectivity index (χ0) is 27.7. The zero-order valence-corrected chi connectivity index (χ0v) is 24.9. The molecular weight excluding hydrogens is 538 g/mol. The van der Waals surface area contributed by atoms with Crippen molar-refractivity contribution in [3.63, 3.8) is 0 Å². The van der Waals surface area contributed by atoms with Gasteiger partial charge in [-0.2, -0.15) is 5.26 Å². The fourth-order valence-corrected chi connectivity index (χ4v) is 9.63. The number of rotatable bonds is 6. The van der Waals surface area contributed by atoms with Gasteiger partial charge in [0, 0.05) is 57.1 Å². The number of thioether (sulfide) groups is 1. The molecule has 0 aromatic rings. The molecule has 0 aromatic carbocycles. The van der Waals surface area contributed by atoms with E-state index in [2.05, 4.69) is 28.9 Å². The highest BCUT2D eigenvalue weighted by atomic mass is 35.5. The van der Waals surface area contributed by atoms with Crippen molar-refractivity contribution >= 4 is 35.2 Å². The van der Waals surface area contributed by atoms with Gasteiger partial charge in [0.1, 0.15) is 5.50 Å². The van der Waals surface area contributed by atoms with Crippen molar-refractivity contribution in [3.8, 4) is 6.07 Å². The van der Waals surface area contributed by atoms with Gasteiger partial charge in [0.25, 0.3) is 0 Å². The van der Waals surface area contributed by atoms with Crippen LogP contribution in [0.1, 0.15) is 51.9 Å². The van der Waals surface area contributed by atoms with E-state index in [9.17, 15) is 14.9 Å². The molecule has 3 aliphatic heterocycles. The summed E-state index contributed by atoms with van der Waals surface area (Å²) < 4.78 is 11.4. The average molecular weight is 582 g/mol. The number of nitriles is 1. The highest BCUT2D eigenvalue weighted by molar-refractivity contribution is 8.00. The van der Waals surface area contributed by atoms with Gasteiger partial charge in [-0.1, -0.05) is 0 Å². The molecule has 2 amide bonds. The number of methoxy groups -OCH3 is 2. The van der Waals surface area contributed by atoms with E-state index in [-0.39, 0.29) is 75.8 Å². The van der Waals surface area contributed by atoms with Crippen LogP contribution in [0.5, 0.6) is 0 Å². The lowest BCUT2D eigenvalue weighted by molar-refractivity contribution is -0.137. The van der Waals surface area contributed by atoms with Crippen LogP contribution in [-0.4, -0.2) is 91.0 Å². The van der Waals surface area contributed by atoms with Crippen molar-refractivity contribution in [2.45, 2.75) is 92.3 Å². The van der Waals surface area contributed by atoms with Crippen LogP contribution in [0.3, 0.4) is 0 Å². The number of halogens is 1. The lowest BCUT2D eigenvalue weighted by Crippen LogP contribution is -2.55. The summed E-state index contributed by atoms with van der Waals surface area (Å²) in [5, 5.41) is 19.9. The zero-order valence-electron chi connectivity index (χ0n) is 23.3. The Labute approximate surface area is 241 Å². The van der Waals surface area contributed by atoms with Gasteiger partial charge in [-0.3, -0.25) is 14.9 Å². The van der Waals surface area contributed by atoms with Crippen molar-refractivity contribution in [1.82, 2.24) is 20.9 Å². The van der Waals surface area contributed by atoms with Crippen LogP contribution in [0.15, 0.2) is 0 Å². The molecule has 5 rings (SSSR count). The lowest BCUT2D eigenvalue weighted by Gasteiger charge is -2.44. The molecule has 3 N–H and O–H groups in total. The van der Waals surface area contributed by atoms with Gasteiger partial charge in [-0.15, -0.1) is 23.4 Å². The summed E-state index contributed by atoms with van der Waals surface area (Å²) in [6.07, 6.45) is 6.15. The Kier molecular flexibility index (Phi) is 9.67. The molecule has 2 aliphatic carbocycles. The Morgan fingerprint density at radius 2 is 1.85 bits per heavy atom. The van der Waals surface area contributed by atoms with Crippen LogP contribution in [0, 0.1) is 40.9 Å². The molecule has 0 bridgehead atoms. The first-order chi connectivity index (χ1) is 18.8. The molecule has 9 nitrogen and oxygen atoms in total. The van der Waals surface area contributed by atoms with E-state index < -0.39 is 0 Å². The van der Waals surface area contributed by atoms with E-state index >= 15 is 0 Å². The predicted molar refractivity (Wildman–Crippen MR) is 151 cm³/mol. The van der Waals surface area contributed by atoms with Crippen LogP contribution in [0.25, 0.3) is 0 Å². The number of fused-ring (bicyclic) bond motifs is 1. The van der Waals surface area contributed by atoms with Gasteiger partial charge in [0.15, 0.2) is 0 Å². The molecule has 11 heteroatoms. The average Bonchev–Trinajstić information content (AvgIpc) is 3.51. The molecule has 39 heavy (non-hydrogen) atoms. The van der Waals surface area contributed by atoms with Crippen LogP contribution in [-0.2, 0) is 19.1 Å². The molecule has 3 heterocycles. The largest absolute Gasteiger partial charge is 0.381 e. The van der Waals surface area contributed by atoms with Crippen LogP contribution < -0.4 is 16.0 Å². The lowest BCUT2D eigenvalue weighted by atomic mass is 9.66. The summed E-state index contributed by atoms with van der Waals surface area (Å²) >= 11 is 8.35. The number of carbonyl (C=O) groups excluding carboxylic acids is 2. The number of likely N-dealkylation sites (tertiary alicyclic amines) is 1. The third kappa shape index (κ3) is 6.24. The first kappa shape index (κ1) is 29.4. The fourth-order valence-electron chi connectivity index (χ4n) is 7.76. The van der Waals surface area contributed by atoms with Crippen molar-refractivity contribution in [2.75, 3.05) is 33.9 Å². The molecule has 12 unspecified atom stereocenters. The van der Waals surface area contributed by atoms with E-state index in [0.29, 0.717) is 25.7 Å². The number of hydrogen-bond donors (Lipinski definition) is 3. The van der Waals surface area contributed by atoms with Crippen LogP contribution in [0.4, 0.5) is 0 Å². The molecule has 0 aromatic heterocycles. The number of nitrogens with one attached hydrogen (secondary N) is 3. The number of carbonyl (C=O) groups is 2.